The van der Waals surface area contributed by atoms with Crippen molar-refractivity contribution in [1.82, 2.24) is 10.6 Å². The van der Waals surface area contributed by atoms with Gasteiger partial charge in [-0.05, 0) is 80.3 Å². The molecule has 234 valence electrons. The van der Waals surface area contributed by atoms with Gasteiger partial charge in [-0.15, -0.1) is 23.2 Å². The molecule has 8 nitrogen and oxygen atoms in total. The van der Waals surface area contributed by atoms with Crippen molar-refractivity contribution in [2.24, 2.45) is 0 Å². The first-order valence-electron chi connectivity index (χ1n) is 15.1. The van der Waals surface area contributed by atoms with Gasteiger partial charge in [0.1, 0.15) is 0 Å². The van der Waals surface area contributed by atoms with Gasteiger partial charge in [-0.25, -0.2) is 0 Å². The number of carbonyl (C=O) groups excluding carboxylic acids is 1. The summed E-state index contributed by atoms with van der Waals surface area (Å²) in [6.07, 6.45) is 4.24. The summed E-state index contributed by atoms with van der Waals surface area (Å²) >= 11 is 0. The minimum Gasteiger partial charge on any atom is -0.390 e. The molecule has 0 saturated carbocycles. The zero-order chi connectivity index (χ0) is 29.5. The van der Waals surface area contributed by atoms with Crippen LogP contribution in [0.2, 0.25) is 0 Å². The molecule has 3 aromatic carbocycles. The zero-order valence-electron chi connectivity index (χ0n) is 24.7. The van der Waals surface area contributed by atoms with Gasteiger partial charge in [0.25, 0.3) is 5.91 Å². The van der Waals surface area contributed by atoms with Crippen LogP contribution in [0.5, 0.6) is 0 Å². The summed E-state index contributed by atoms with van der Waals surface area (Å²) in [5.74, 6) is 0.0151. The molecule has 5 rings (SSSR count). The number of carbonyl (C=O) groups is 1. The van der Waals surface area contributed by atoms with Crippen molar-refractivity contribution in [2.45, 2.75) is 63.6 Å². The third-order valence-corrected chi connectivity index (χ3v) is 10.2. The van der Waals surface area contributed by atoms with E-state index in [1.165, 1.54) is 11.1 Å². The zero-order valence-corrected chi connectivity index (χ0v) is 26.4. The number of halogens is 1. The van der Waals surface area contributed by atoms with Crippen molar-refractivity contribution in [1.29, 1.82) is 0 Å². The number of hydrogen-bond acceptors (Lipinski definition) is 7. The average molecular weight is 629 g/mol. The van der Waals surface area contributed by atoms with Crippen LogP contribution in [-0.4, -0.2) is 63.7 Å². The average Bonchev–Trinajstić information content (AvgIpc) is 2.99. The Morgan fingerprint density at radius 3 is 2.51 bits per heavy atom. The van der Waals surface area contributed by atoms with E-state index < -0.39 is 22.9 Å². The predicted molar refractivity (Wildman–Crippen MR) is 180 cm³/mol. The molecule has 0 bridgehead atoms. The Labute approximate surface area is 263 Å². The molecule has 43 heavy (non-hydrogen) atoms. The number of hydrogen-bond donors (Lipinski definition) is 6. The molecule has 2 aliphatic rings. The van der Waals surface area contributed by atoms with Crippen molar-refractivity contribution >= 4 is 40.5 Å². The van der Waals surface area contributed by atoms with Crippen molar-refractivity contribution < 1.29 is 19.0 Å². The Morgan fingerprint density at radius 2 is 1.77 bits per heavy atom. The summed E-state index contributed by atoms with van der Waals surface area (Å²) in [5.41, 5.74) is 5.53. The van der Waals surface area contributed by atoms with Crippen LogP contribution in [0.25, 0.3) is 0 Å². The quantitative estimate of drug-likeness (QED) is 0.162. The number of nitrogens with one attached hydrogen (secondary N) is 3. The molecule has 3 aromatic rings. The number of aryl methyl sites for hydroxylation is 1. The van der Waals surface area contributed by atoms with E-state index in [0.717, 1.165) is 43.4 Å². The third-order valence-electron chi connectivity index (χ3n) is 8.27. The van der Waals surface area contributed by atoms with Crippen LogP contribution >= 0.6 is 23.2 Å². The maximum atomic E-state index is 13.7. The highest BCUT2D eigenvalue weighted by Crippen LogP contribution is 2.50. The molecule has 10 heteroatoms. The molecule has 0 aromatic heterocycles. The minimum absolute atomic E-state index is 0. The maximum absolute atomic E-state index is 13.7. The van der Waals surface area contributed by atoms with Crippen LogP contribution in [-0.2, 0) is 19.3 Å². The monoisotopic (exact) mass is 628 g/mol. The number of aliphatic hydroxyl groups is 1. The predicted octanol–water partition coefficient (Wildman–Crippen LogP) is 5.66. The van der Waals surface area contributed by atoms with E-state index in [9.17, 15) is 19.0 Å². The highest BCUT2D eigenvalue weighted by atomic mass is 35.5. The summed E-state index contributed by atoms with van der Waals surface area (Å²) in [5, 5.41) is 21.3. The molecular formula is C33H45ClN4O4S. The highest BCUT2D eigenvalue weighted by Gasteiger charge is 2.29. The second kappa shape index (κ2) is 15.3. The topological polar surface area (TPSA) is 117 Å². The number of amides is 1. The summed E-state index contributed by atoms with van der Waals surface area (Å²) in [7, 11) is -2.94. The van der Waals surface area contributed by atoms with Crippen LogP contribution in [0.15, 0.2) is 72.8 Å². The Balaban J connectivity index is 0.00000423. The molecule has 1 amide bonds. The first-order valence-corrected chi connectivity index (χ1v) is 16.7. The van der Waals surface area contributed by atoms with Crippen molar-refractivity contribution in [3.05, 3.63) is 95.1 Å². The molecule has 1 heterocycles. The second-order valence-electron chi connectivity index (χ2n) is 11.4. The lowest BCUT2D eigenvalue weighted by molar-refractivity contribution is 0.0823. The largest absolute Gasteiger partial charge is 0.390 e. The van der Waals surface area contributed by atoms with Gasteiger partial charge in [-0.1, -0.05) is 54.6 Å². The fourth-order valence-corrected chi connectivity index (χ4v) is 7.68. The van der Waals surface area contributed by atoms with Crippen LogP contribution in [0.3, 0.4) is 0 Å². The molecule has 1 aliphatic heterocycles. The van der Waals surface area contributed by atoms with Crippen LogP contribution in [0.1, 0.15) is 53.2 Å². The Kier molecular flexibility index (Phi) is 11.8. The molecule has 3 atom stereocenters. The number of aliphatic hydroxyl groups excluding tert-OH is 1. The first-order chi connectivity index (χ1) is 20.3. The lowest BCUT2D eigenvalue weighted by Crippen LogP contribution is -2.50. The molecule has 0 radical (unpaired) electrons. The Bertz CT molecular complexity index is 1350. The van der Waals surface area contributed by atoms with Gasteiger partial charge < -0.3 is 21.1 Å². The number of fused-ring (bicyclic) bond motifs is 1. The lowest BCUT2D eigenvalue weighted by atomic mass is 9.88. The van der Waals surface area contributed by atoms with Crippen LogP contribution in [0.4, 0.5) is 11.4 Å². The molecule has 0 spiro atoms. The third kappa shape index (κ3) is 8.65. The van der Waals surface area contributed by atoms with Crippen molar-refractivity contribution in [2.75, 3.05) is 35.0 Å². The van der Waals surface area contributed by atoms with Gasteiger partial charge in [0.05, 0.1) is 23.6 Å². The Hall–Kier alpha value is -2.79. The van der Waals surface area contributed by atoms with E-state index in [1.807, 2.05) is 43.3 Å². The summed E-state index contributed by atoms with van der Waals surface area (Å²) in [6, 6.07) is 23.5. The van der Waals surface area contributed by atoms with E-state index in [4.69, 9.17) is 0 Å². The minimum atomic E-state index is -2.94. The van der Waals surface area contributed by atoms with E-state index in [-0.39, 0.29) is 24.4 Å². The molecule has 1 fully saturated rings. The van der Waals surface area contributed by atoms with E-state index in [0.29, 0.717) is 43.1 Å². The first kappa shape index (κ1) is 33.1. The molecular weight excluding hydrogens is 584 g/mol. The van der Waals surface area contributed by atoms with Gasteiger partial charge in [-0.2, -0.15) is 0 Å². The molecule has 1 saturated heterocycles. The highest BCUT2D eigenvalue weighted by molar-refractivity contribution is 8.25. The van der Waals surface area contributed by atoms with Crippen LogP contribution < -0.4 is 20.3 Å². The SMILES string of the molecule is CCNc1cc(C(=O)N[C@@H](Cc2ccccc2)[C@@H](O)CNC2CCc3ccccc3C2)cc(N2CCCCS2(O)O)c1.Cl. The maximum Gasteiger partial charge on any atom is 0.251 e. The van der Waals surface area contributed by atoms with Gasteiger partial charge in [0.15, 0.2) is 0 Å². The number of anilines is 2. The lowest BCUT2D eigenvalue weighted by Gasteiger charge is -2.47. The number of nitrogens with zero attached hydrogens (tertiary/aromatic N) is 1. The van der Waals surface area contributed by atoms with E-state index in [1.54, 1.807) is 16.4 Å². The fourth-order valence-electron chi connectivity index (χ4n) is 6.00. The van der Waals surface area contributed by atoms with Gasteiger partial charge in [0.2, 0.25) is 0 Å². The van der Waals surface area contributed by atoms with Gasteiger partial charge in [-0.3, -0.25) is 18.2 Å². The molecule has 1 aliphatic carbocycles. The van der Waals surface area contributed by atoms with Crippen molar-refractivity contribution in [3.8, 4) is 0 Å². The van der Waals surface area contributed by atoms with E-state index >= 15 is 0 Å². The second-order valence-corrected chi connectivity index (χ2v) is 13.5. The van der Waals surface area contributed by atoms with Gasteiger partial charge in [0, 0.05) is 36.9 Å². The molecule has 1 unspecified atom stereocenters. The standard InChI is InChI=1S/C33H44N4O4S.ClH/c1-2-34-29-20-27(21-30(22-29)37-16-8-9-17-42(37,40)41)33(39)36-31(18-24-10-4-3-5-11-24)32(38)23-35-28-15-14-25-12-6-7-13-26(25)19-28;/h3-7,10-13,20-22,28,31-32,34-35,38,40-41H,2,8-9,14-19,23H2,1H3,(H,36,39);1H/t28?,31-,32-;/m0./s1. The van der Waals surface area contributed by atoms with E-state index in [2.05, 4.69) is 40.2 Å². The van der Waals surface area contributed by atoms with Gasteiger partial charge >= 0.3 is 0 Å². The Morgan fingerprint density at radius 1 is 1.02 bits per heavy atom. The summed E-state index contributed by atoms with van der Waals surface area (Å²) < 4.78 is 23.1. The number of benzene rings is 3. The normalized spacial score (nSPS) is 19.7. The van der Waals surface area contributed by atoms with Crippen molar-refractivity contribution in [3.63, 3.8) is 0 Å². The number of rotatable bonds is 11. The molecule has 6 N–H and O–H groups in total. The summed E-state index contributed by atoms with van der Waals surface area (Å²) in [6.45, 7) is 3.52. The summed E-state index contributed by atoms with van der Waals surface area (Å²) in [4.78, 5) is 13.7. The smallest absolute Gasteiger partial charge is 0.251 e. The fraction of sp³-hybridized carbons (Fsp3) is 0.424. The van der Waals surface area contributed by atoms with Crippen LogP contribution in [0, 0.1) is 0 Å².